The van der Waals surface area contributed by atoms with Crippen molar-refractivity contribution in [2.75, 3.05) is 6.61 Å². The Morgan fingerprint density at radius 2 is 2.05 bits per heavy atom. The molecule has 3 nitrogen and oxygen atoms in total. The van der Waals surface area contributed by atoms with Crippen molar-refractivity contribution in [2.24, 2.45) is 11.3 Å². The van der Waals surface area contributed by atoms with Gasteiger partial charge in [0.25, 0.3) is 0 Å². The zero-order valence-electron chi connectivity index (χ0n) is 11.8. The molecule has 0 bridgehead atoms. The first-order valence-corrected chi connectivity index (χ1v) is 6.71. The maximum atomic E-state index is 14.0. The lowest BCUT2D eigenvalue weighted by atomic mass is 9.82. The molecular formula is C14H22ClFN2O. The number of rotatable bonds is 5. The summed E-state index contributed by atoms with van der Waals surface area (Å²) in [6, 6.07) is 4.14. The van der Waals surface area contributed by atoms with E-state index in [0.29, 0.717) is 17.2 Å². The van der Waals surface area contributed by atoms with Crippen LogP contribution >= 0.6 is 11.6 Å². The molecule has 3 N–H and O–H groups in total. The Bertz CT molecular complexity index is 420. The minimum Gasteiger partial charge on any atom is -0.376 e. The highest BCUT2D eigenvalue weighted by molar-refractivity contribution is 6.30. The molecule has 0 heterocycles. The maximum Gasteiger partial charge on any atom is 0.129 e. The summed E-state index contributed by atoms with van der Waals surface area (Å²) in [5.41, 5.74) is 2.94. The highest BCUT2D eigenvalue weighted by Gasteiger charge is 2.34. The van der Waals surface area contributed by atoms with Crippen LogP contribution in [0.15, 0.2) is 18.2 Å². The Kier molecular flexibility index (Phi) is 5.74. The average Bonchev–Trinajstić information content (AvgIpc) is 2.30. The van der Waals surface area contributed by atoms with Crippen LogP contribution in [0, 0.1) is 11.2 Å². The fraction of sp³-hybridized carbons (Fsp3) is 0.571. The molecule has 5 heteroatoms. The van der Waals surface area contributed by atoms with Crippen molar-refractivity contribution < 1.29 is 9.13 Å². The van der Waals surface area contributed by atoms with E-state index in [9.17, 15) is 4.39 Å². The van der Waals surface area contributed by atoms with E-state index in [2.05, 4.69) is 5.43 Å². The van der Waals surface area contributed by atoms with E-state index < -0.39 is 6.04 Å². The Hall–Kier alpha value is -0.680. The van der Waals surface area contributed by atoms with Crippen molar-refractivity contribution in [3.05, 3.63) is 34.6 Å². The number of nitrogens with one attached hydrogen (secondary N) is 1. The van der Waals surface area contributed by atoms with Crippen molar-refractivity contribution in [3.8, 4) is 0 Å². The molecule has 0 saturated carbocycles. The molecule has 0 radical (unpaired) electrons. The zero-order chi connectivity index (χ0) is 14.6. The molecule has 1 rings (SSSR count). The number of benzene rings is 1. The van der Waals surface area contributed by atoms with Crippen molar-refractivity contribution in [2.45, 2.75) is 39.8 Å². The molecule has 0 spiro atoms. The summed E-state index contributed by atoms with van der Waals surface area (Å²) >= 11 is 5.77. The Balaban J connectivity index is 3.16. The SMILES string of the molecule is CCOC(C(NN)c1ccc(Cl)cc1F)C(C)(C)C. The number of nitrogens with two attached hydrogens (primary N) is 1. The van der Waals surface area contributed by atoms with E-state index in [1.54, 1.807) is 12.1 Å². The van der Waals surface area contributed by atoms with Gasteiger partial charge in [-0.15, -0.1) is 0 Å². The summed E-state index contributed by atoms with van der Waals surface area (Å²) in [6.45, 7) is 8.54. The zero-order valence-corrected chi connectivity index (χ0v) is 12.6. The molecule has 0 amide bonds. The molecule has 0 aliphatic carbocycles. The molecule has 2 unspecified atom stereocenters. The third kappa shape index (κ3) is 4.14. The molecule has 19 heavy (non-hydrogen) atoms. The Labute approximate surface area is 119 Å². The fourth-order valence-electron chi connectivity index (χ4n) is 2.12. The van der Waals surface area contributed by atoms with Crippen LogP contribution in [0.2, 0.25) is 5.02 Å². The number of ether oxygens (including phenoxy) is 1. The lowest BCUT2D eigenvalue weighted by Crippen LogP contribution is -2.45. The van der Waals surface area contributed by atoms with Gasteiger partial charge in [0, 0.05) is 17.2 Å². The van der Waals surface area contributed by atoms with Crippen LogP contribution in [-0.4, -0.2) is 12.7 Å². The number of hydrogen-bond acceptors (Lipinski definition) is 3. The number of halogens is 2. The smallest absolute Gasteiger partial charge is 0.129 e. The van der Waals surface area contributed by atoms with Gasteiger partial charge in [0.2, 0.25) is 0 Å². The normalized spacial score (nSPS) is 15.3. The second-order valence-electron chi connectivity index (χ2n) is 5.55. The predicted molar refractivity (Wildman–Crippen MR) is 76.3 cm³/mol. The monoisotopic (exact) mass is 288 g/mol. The highest BCUT2D eigenvalue weighted by atomic mass is 35.5. The first kappa shape index (κ1) is 16.4. The first-order chi connectivity index (χ1) is 8.81. The lowest BCUT2D eigenvalue weighted by molar-refractivity contribution is -0.0373. The molecular weight excluding hydrogens is 267 g/mol. The summed E-state index contributed by atoms with van der Waals surface area (Å²) < 4.78 is 19.8. The molecule has 2 atom stereocenters. The highest BCUT2D eigenvalue weighted by Crippen LogP contribution is 2.34. The van der Waals surface area contributed by atoms with Crippen LogP contribution in [0.4, 0.5) is 4.39 Å². The van der Waals surface area contributed by atoms with Gasteiger partial charge in [-0.2, -0.15) is 0 Å². The fourth-order valence-corrected chi connectivity index (χ4v) is 2.28. The van der Waals surface area contributed by atoms with Crippen molar-refractivity contribution in [1.82, 2.24) is 5.43 Å². The maximum absolute atomic E-state index is 14.0. The summed E-state index contributed by atoms with van der Waals surface area (Å²) in [7, 11) is 0. The second kappa shape index (κ2) is 6.66. The van der Waals surface area contributed by atoms with Crippen LogP contribution in [0.25, 0.3) is 0 Å². The predicted octanol–water partition coefficient (Wildman–Crippen LogP) is 3.43. The Morgan fingerprint density at radius 1 is 1.42 bits per heavy atom. The van der Waals surface area contributed by atoms with Crippen LogP contribution in [-0.2, 0) is 4.74 Å². The van der Waals surface area contributed by atoms with Gasteiger partial charge in [0.15, 0.2) is 0 Å². The van der Waals surface area contributed by atoms with E-state index in [0.717, 1.165) is 0 Å². The van der Waals surface area contributed by atoms with Gasteiger partial charge in [-0.3, -0.25) is 11.3 Å². The van der Waals surface area contributed by atoms with E-state index in [1.165, 1.54) is 6.07 Å². The molecule has 1 aromatic rings. The summed E-state index contributed by atoms with van der Waals surface area (Å²) in [5, 5.41) is 0.362. The first-order valence-electron chi connectivity index (χ1n) is 6.34. The molecule has 0 saturated heterocycles. The molecule has 0 aliphatic heterocycles. The van der Waals surface area contributed by atoms with Gasteiger partial charge in [0.1, 0.15) is 5.82 Å². The van der Waals surface area contributed by atoms with Crippen LogP contribution in [0.1, 0.15) is 39.3 Å². The molecule has 0 aromatic heterocycles. The minimum atomic E-state index is -0.433. The summed E-state index contributed by atoms with van der Waals surface area (Å²) in [5.74, 6) is 5.23. The van der Waals surface area contributed by atoms with Crippen molar-refractivity contribution in [3.63, 3.8) is 0 Å². The minimum absolute atomic E-state index is 0.181. The lowest BCUT2D eigenvalue weighted by Gasteiger charge is -2.36. The third-order valence-corrected chi connectivity index (χ3v) is 3.21. The van der Waals surface area contributed by atoms with Crippen LogP contribution in [0.3, 0.4) is 0 Å². The second-order valence-corrected chi connectivity index (χ2v) is 5.99. The molecule has 0 fully saturated rings. The third-order valence-electron chi connectivity index (χ3n) is 2.98. The summed E-state index contributed by atoms with van der Waals surface area (Å²) in [4.78, 5) is 0. The number of hydrazine groups is 1. The van der Waals surface area contributed by atoms with Gasteiger partial charge in [-0.1, -0.05) is 38.4 Å². The van der Waals surface area contributed by atoms with Crippen LogP contribution in [0.5, 0.6) is 0 Å². The summed E-state index contributed by atoms with van der Waals surface area (Å²) in [6.07, 6.45) is -0.252. The van der Waals surface area contributed by atoms with E-state index in [-0.39, 0.29) is 17.3 Å². The molecule has 108 valence electrons. The topological polar surface area (TPSA) is 47.3 Å². The van der Waals surface area contributed by atoms with E-state index in [4.69, 9.17) is 22.2 Å². The van der Waals surface area contributed by atoms with E-state index in [1.807, 2.05) is 27.7 Å². The standard InChI is InChI=1S/C14H22ClFN2O/c1-5-19-13(14(2,3)4)12(18-17)10-7-6-9(15)8-11(10)16/h6-8,12-13,18H,5,17H2,1-4H3. The van der Waals surface area contributed by atoms with Crippen molar-refractivity contribution in [1.29, 1.82) is 0 Å². The van der Waals surface area contributed by atoms with Gasteiger partial charge in [0.05, 0.1) is 12.1 Å². The van der Waals surface area contributed by atoms with Gasteiger partial charge in [-0.25, -0.2) is 4.39 Å². The quantitative estimate of drug-likeness (QED) is 0.644. The van der Waals surface area contributed by atoms with Crippen molar-refractivity contribution >= 4 is 11.6 Å². The van der Waals surface area contributed by atoms with Gasteiger partial charge >= 0.3 is 0 Å². The van der Waals surface area contributed by atoms with Gasteiger partial charge in [-0.05, 0) is 24.5 Å². The van der Waals surface area contributed by atoms with Crippen LogP contribution < -0.4 is 11.3 Å². The number of hydrogen-bond donors (Lipinski definition) is 2. The molecule has 1 aromatic carbocycles. The Morgan fingerprint density at radius 3 is 2.47 bits per heavy atom. The molecule has 0 aliphatic rings. The average molecular weight is 289 g/mol. The van der Waals surface area contributed by atoms with Gasteiger partial charge < -0.3 is 4.74 Å². The largest absolute Gasteiger partial charge is 0.376 e. The van der Waals surface area contributed by atoms with E-state index >= 15 is 0 Å².